The second kappa shape index (κ2) is 4.31. The van der Waals surface area contributed by atoms with Gasteiger partial charge in [0.2, 0.25) is 0 Å². The third-order valence-electron chi connectivity index (χ3n) is 3.18. The molecule has 0 saturated heterocycles. The van der Waals surface area contributed by atoms with E-state index in [-0.39, 0.29) is 6.10 Å². The van der Waals surface area contributed by atoms with Gasteiger partial charge in [0.25, 0.3) is 0 Å². The first-order chi connectivity index (χ1) is 8.38. The lowest BCUT2D eigenvalue weighted by molar-refractivity contribution is 0.00257. The highest BCUT2D eigenvalue weighted by molar-refractivity contribution is 5.20. The van der Waals surface area contributed by atoms with Crippen LogP contribution < -0.4 is 5.73 Å². The summed E-state index contributed by atoms with van der Waals surface area (Å²) in [6.07, 6.45) is 1.97. The van der Waals surface area contributed by atoms with E-state index in [1.165, 1.54) is 5.56 Å². The average molecular weight is 229 g/mol. The molecular weight excluding hydrogens is 214 g/mol. The highest BCUT2D eigenvalue weighted by Gasteiger charge is 2.22. The van der Waals surface area contributed by atoms with Gasteiger partial charge in [-0.3, -0.25) is 0 Å². The molecule has 1 aromatic heterocycles. The Morgan fingerprint density at radius 3 is 2.94 bits per heavy atom. The largest absolute Gasteiger partial charge is 0.365 e. The summed E-state index contributed by atoms with van der Waals surface area (Å²) in [5, 5.41) is 0. The number of imidazole rings is 1. The summed E-state index contributed by atoms with van der Waals surface area (Å²) in [7, 11) is 0. The van der Waals surface area contributed by atoms with E-state index in [1.54, 1.807) is 0 Å². The van der Waals surface area contributed by atoms with E-state index in [0.717, 1.165) is 17.9 Å². The van der Waals surface area contributed by atoms with Crippen molar-refractivity contribution >= 4 is 0 Å². The van der Waals surface area contributed by atoms with Crippen LogP contribution in [-0.4, -0.2) is 9.55 Å². The van der Waals surface area contributed by atoms with E-state index < -0.39 is 0 Å². The maximum Gasteiger partial charge on any atom is 0.101 e. The van der Waals surface area contributed by atoms with Gasteiger partial charge in [0, 0.05) is 6.54 Å². The number of ether oxygens (including phenoxy) is 1. The second-order valence-electron chi connectivity index (χ2n) is 4.20. The molecule has 17 heavy (non-hydrogen) atoms. The van der Waals surface area contributed by atoms with E-state index in [1.807, 2.05) is 24.5 Å². The number of rotatable bonds is 2. The molecule has 88 valence electrons. The van der Waals surface area contributed by atoms with Crippen LogP contribution in [0.2, 0.25) is 0 Å². The molecule has 0 bridgehead atoms. The Morgan fingerprint density at radius 2 is 2.18 bits per heavy atom. The molecule has 4 nitrogen and oxygen atoms in total. The summed E-state index contributed by atoms with van der Waals surface area (Å²) in [6, 6.07) is 10.3. The van der Waals surface area contributed by atoms with Gasteiger partial charge >= 0.3 is 0 Å². The first-order valence-corrected chi connectivity index (χ1v) is 5.78. The van der Waals surface area contributed by atoms with E-state index in [4.69, 9.17) is 10.5 Å². The molecule has 0 spiro atoms. The molecular formula is C13H15N3O. The number of nitrogens with two attached hydrogens (primary N) is 1. The molecule has 1 aliphatic rings. The zero-order valence-electron chi connectivity index (χ0n) is 9.54. The van der Waals surface area contributed by atoms with Crippen LogP contribution in [0.5, 0.6) is 0 Å². The summed E-state index contributed by atoms with van der Waals surface area (Å²) < 4.78 is 8.02. The van der Waals surface area contributed by atoms with Crippen molar-refractivity contribution in [1.29, 1.82) is 0 Å². The minimum atomic E-state index is 0.114. The first-order valence-electron chi connectivity index (χ1n) is 5.78. The van der Waals surface area contributed by atoms with E-state index in [0.29, 0.717) is 13.2 Å². The number of aromatic nitrogens is 2. The molecule has 1 aromatic carbocycles. The fraction of sp³-hybridized carbons (Fsp3) is 0.308. The SMILES string of the molecule is NCc1ncn2c1CO[C@@H](c1ccccc1)C2. The Hall–Kier alpha value is -1.65. The quantitative estimate of drug-likeness (QED) is 0.851. The zero-order valence-corrected chi connectivity index (χ0v) is 9.54. The molecule has 2 aromatic rings. The van der Waals surface area contributed by atoms with Gasteiger partial charge in [0.1, 0.15) is 6.10 Å². The summed E-state index contributed by atoms with van der Waals surface area (Å²) in [5.41, 5.74) is 8.89. The molecule has 1 aliphatic heterocycles. The number of fused-ring (bicyclic) bond motifs is 1. The molecule has 0 aliphatic carbocycles. The monoisotopic (exact) mass is 229 g/mol. The molecule has 3 rings (SSSR count). The van der Waals surface area contributed by atoms with Gasteiger partial charge < -0.3 is 15.0 Å². The van der Waals surface area contributed by atoms with Crippen LogP contribution in [0.1, 0.15) is 23.1 Å². The summed E-state index contributed by atoms with van der Waals surface area (Å²) in [5.74, 6) is 0. The van der Waals surface area contributed by atoms with Crippen LogP contribution in [0, 0.1) is 0 Å². The van der Waals surface area contributed by atoms with Gasteiger partial charge in [-0.15, -0.1) is 0 Å². The van der Waals surface area contributed by atoms with E-state index in [9.17, 15) is 0 Å². The van der Waals surface area contributed by atoms with Crippen molar-refractivity contribution in [1.82, 2.24) is 9.55 Å². The smallest absolute Gasteiger partial charge is 0.101 e. The minimum absolute atomic E-state index is 0.114. The Bertz CT molecular complexity index is 507. The Kier molecular flexibility index (Phi) is 2.66. The standard InChI is InChI=1S/C13H15N3O/c14-6-11-12-8-17-13(7-16(12)9-15-11)10-4-2-1-3-5-10/h1-5,9,13H,6-8,14H2/t13-/m1/s1. The number of hydrogen-bond donors (Lipinski definition) is 1. The molecule has 4 heteroatoms. The molecule has 2 heterocycles. The van der Waals surface area contributed by atoms with Crippen molar-refractivity contribution in [2.24, 2.45) is 5.73 Å². The second-order valence-corrected chi connectivity index (χ2v) is 4.20. The van der Waals surface area contributed by atoms with Gasteiger partial charge in [-0.25, -0.2) is 4.98 Å². The Labute approximate surface area is 100 Å². The lowest BCUT2D eigenvalue weighted by atomic mass is 10.1. The Balaban J connectivity index is 1.86. The van der Waals surface area contributed by atoms with Crippen LogP contribution in [0.15, 0.2) is 36.7 Å². The number of hydrogen-bond acceptors (Lipinski definition) is 3. The summed E-state index contributed by atoms with van der Waals surface area (Å²) in [4.78, 5) is 4.30. The van der Waals surface area contributed by atoms with Crippen LogP contribution in [0.25, 0.3) is 0 Å². The Morgan fingerprint density at radius 1 is 1.35 bits per heavy atom. The van der Waals surface area contributed by atoms with Crippen molar-refractivity contribution in [3.8, 4) is 0 Å². The zero-order chi connectivity index (χ0) is 11.7. The van der Waals surface area contributed by atoms with Crippen molar-refractivity contribution in [2.45, 2.75) is 25.8 Å². The molecule has 0 saturated carbocycles. The van der Waals surface area contributed by atoms with Gasteiger partial charge in [0.15, 0.2) is 0 Å². The van der Waals surface area contributed by atoms with Crippen molar-refractivity contribution < 1.29 is 4.74 Å². The van der Waals surface area contributed by atoms with E-state index >= 15 is 0 Å². The van der Waals surface area contributed by atoms with Crippen LogP contribution in [-0.2, 0) is 24.4 Å². The molecule has 1 atom stereocenters. The average Bonchev–Trinajstić information content (AvgIpc) is 2.81. The summed E-state index contributed by atoms with van der Waals surface area (Å²) in [6.45, 7) is 1.88. The first kappa shape index (κ1) is 10.5. The summed E-state index contributed by atoms with van der Waals surface area (Å²) >= 11 is 0. The minimum Gasteiger partial charge on any atom is -0.365 e. The maximum atomic E-state index is 5.87. The molecule has 0 unspecified atom stereocenters. The molecule has 0 fully saturated rings. The number of nitrogens with zero attached hydrogens (tertiary/aromatic N) is 2. The molecule has 2 N–H and O–H groups in total. The fourth-order valence-corrected chi connectivity index (χ4v) is 2.22. The van der Waals surface area contributed by atoms with Crippen molar-refractivity contribution in [3.05, 3.63) is 53.6 Å². The molecule has 0 amide bonds. The fourth-order valence-electron chi connectivity index (χ4n) is 2.22. The lowest BCUT2D eigenvalue weighted by Crippen LogP contribution is -2.21. The number of benzene rings is 1. The van der Waals surface area contributed by atoms with Gasteiger partial charge in [-0.2, -0.15) is 0 Å². The van der Waals surface area contributed by atoms with Crippen LogP contribution in [0.4, 0.5) is 0 Å². The van der Waals surface area contributed by atoms with Crippen LogP contribution >= 0.6 is 0 Å². The predicted molar refractivity (Wildman–Crippen MR) is 64.1 cm³/mol. The third-order valence-corrected chi connectivity index (χ3v) is 3.18. The molecule has 0 radical (unpaired) electrons. The van der Waals surface area contributed by atoms with Gasteiger partial charge in [-0.05, 0) is 5.56 Å². The normalized spacial score (nSPS) is 19.0. The van der Waals surface area contributed by atoms with Crippen molar-refractivity contribution in [3.63, 3.8) is 0 Å². The maximum absolute atomic E-state index is 5.87. The highest BCUT2D eigenvalue weighted by atomic mass is 16.5. The van der Waals surface area contributed by atoms with Gasteiger partial charge in [-0.1, -0.05) is 30.3 Å². The van der Waals surface area contributed by atoms with Crippen LogP contribution in [0.3, 0.4) is 0 Å². The van der Waals surface area contributed by atoms with Crippen molar-refractivity contribution in [2.75, 3.05) is 0 Å². The van der Waals surface area contributed by atoms with E-state index in [2.05, 4.69) is 21.7 Å². The van der Waals surface area contributed by atoms with Gasteiger partial charge in [0.05, 0.1) is 30.9 Å². The highest BCUT2D eigenvalue weighted by Crippen LogP contribution is 2.27. The lowest BCUT2D eigenvalue weighted by Gasteiger charge is -2.25. The predicted octanol–water partition coefficient (Wildman–Crippen LogP) is 1.61. The third kappa shape index (κ3) is 1.85. The topological polar surface area (TPSA) is 53.1 Å².